The van der Waals surface area contributed by atoms with Gasteiger partial charge in [-0.1, -0.05) is 35.5 Å². The number of fused-ring (bicyclic) bond motifs is 2. The second kappa shape index (κ2) is 13.3. The number of hydrogen-bond acceptors (Lipinski definition) is 7. The van der Waals surface area contributed by atoms with Crippen LogP contribution in [0.4, 0.5) is 0 Å². The minimum absolute atomic E-state index is 0.150. The van der Waals surface area contributed by atoms with E-state index in [1.807, 2.05) is 17.7 Å². The van der Waals surface area contributed by atoms with Gasteiger partial charge < -0.3 is 19.9 Å². The minimum Gasteiger partial charge on any atom is -0.478 e. The average Bonchev–Trinajstić information content (AvgIpc) is 3.40. The number of rotatable bonds is 12. The molecule has 1 unspecified atom stereocenters. The number of carboxylic acids is 1. The van der Waals surface area contributed by atoms with E-state index in [1.54, 1.807) is 24.3 Å². The number of hydrogen-bond donors (Lipinski definition) is 2. The van der Waals surface area contributed by atoms with Crippen LogP contribution in [-0.4, -0.2) is 51.8 Å². The van der Waals surface area contributed by atoms with Gasteiger partial charge >= 0.3 is 11.9 Å². The number of carboxylic acid groups (broad SMARTS) is 1. The van der Waals surface area contributed by atoms with Crippen LogP contribution < -0.4 is 5.32 Å². The Morgan fingerprint density at radius 2 is 1.93 bits per heavy atom. The first-order valence-corrected chi connectivity index (χ1v) is 14.6. The summed E-state index contributed by atoms with van der Waals surface area (Å²) in [4.78, 5) is 23.8. The zero-order valence-corrected chi connectivity index (χ0v) is 24.5. The third-order valence-electron chi connectivity index (χ3n) is 8.02. The van der Waals surface area contributed by atoms with E-state index in [2.05, 4.69) is 47.7 Å². The van der Waals surface area contributed by atoms with E-state index in [9.17, 15) is 9.59 Å². The van der Waals surface area contributed by atoms with Crippen LogP contribution >= 0.6 is 0 Å². The maximum Gasteiger partial charge on any atom is 0.335 e. The molecule has 9 heteroatoms. The van der Waals surface area contributed by atoms with Crippen LogP contribution in [0.3, 0.4) is 0 Å². The number of aromatic nitrogens is 3. The summed E-state index contributed by atoms with van der Waals surface area (Å²) in [6.45, 7) is 9.83. The Morgan fingerprint density at radius 1 is 1.12 bits per heavy atom. The molecule has 1 aromatic heterocycles. The normalized spacial score (nSPS) is 13.6. The van der Waals surface area contributed by atoms with Crippen molar-refractivity contribution in [1.29, 1.82) is 0 Å². The van der Waals surface area contributed by atoms with Crippen molar-refractivity contribution < 1.29 is 24.2 Å². The van der Waals surface area contributed by atoms with Gasteiger partial charge in [-0.05, 0) is 97.3 Å². The first kappa shape index (κ1) is 29.4. The minimum atomic E-state index is -0.939. The quantitative estimate of drug-likeness (QED) is 0.179. The lowest BCUT2D eigenvalue weighted by molar-refractivity contribution is -0.143. The number of aromatic carboxylic acids is 1. The van der Waals surface area contributed by atoms with Gasteiger partial charge in [0.25, 0.3) is 0 Å². The number of esters is 1. The van der Waals surface area contributed by atoms with E-state index in [0.29, 0.717) is 26.4 Å². The molecule has 0 spiro atoms. The summed E-state index contributed by atoms with van der Waals surface area (Å²) in [6.07, 6.45) is 2.03. The molecule has 1 aliphatic heterocycles. The fraction of sp³-hybridized carbons (Fsp3) is 0.394. The Morgan fingerprint density at radius 3 is 2.69 bits per heavy atom. The predicted octanol–water partition coefficient (Wildman–Crippen LogP) is 5.08. The highest BCUT2D eigenvalue weighted by molar-refractivity contribution is 5.87. The molecule has 42 heavy (non-hydrogen) atoms. The summed E-state index contributed by atoms with van der Waals surface area (Å²) in [5, 5.41) is 21.5. The summed E-state index contributed by atoms with van der Waals surface area (Å²) >= 11 is 0. The first-order chi connectivity index (χ1) is 20.4. The number of nitrogens with zero attached hydrogens (tertiary/aromatic N) is 3. The maximum absolute atomic E-state index is 12.8. The molecule has 0 aliphatic carbocycles. The third kappa shape index (κ3) is 6.53. The molecule has 2 heterocycles. The molecule has 2 N–H and O–H groups in total. The van der Waals surface area contributed by atoms with Gasteiger partial charge in [0.1, 0.15) is 5.52 Å². The Labute approximate surface area is 245 Å². The van der Waals surface area contributed by atoms with Crippen molar-refractivity contribution in [3.8, 4) is 0 Å². The number of ether oxygens (including phenoxy) is 2. The van der Waals surface area contributed by atoms with E-state index in [-0.39, 0.29) is 23.9 Å². The van der Waals surface area contributed by atoms with Crippen molar-refractivity contribution in [3.05, 3.63) is 93.0 Å². The van der Waals surface area contributed by atoms with Crippen molar-refractivity contribution in [2.75, 3.05) is 19.8 Å². The average molecular weight is 571 g/mol. The highest BCUT2D eigenvalue weighted by Crippen LogP contribution is 2.36. The highest BCUT2D eigenvalue weighted by Gasteiger charge is 2.25. The molecule has 220 valence electrons. The van der Waals surface area contributed by atoms with E-state index >= 15 is 0 Å². The third-order valence-corrected chi connectivity index (χ3v) is 8.02. The SMILES string of the molecule is CCOC(=O)CC(c1cc(C)c2c(c1)CNCC2)c1ccc2c(nnn2CCCOCc2ccc(C(=O)O)cc2)c1C. The van der Waals surface area contributed by atoms with Gasteiger partial charge in [-0.3, -0.25) is 4.79 Å². The van der Waals surface area contributed by atoms with Gasteiger partial charge in [-0.15, -0.1) is 5.10 Å². The van der Waals surface area contributed by atoms with E-state index in [0.717, 1.165) is 59.2 Å². The van der Waals surface area contributed by atoms with E-state index in [1.165, 1.54) is 16.7 Å². The molecule has 0 radical (unpaired) electrons. The number of benzene rings is 3. The lowest BCUT2D eigenvalue weighted by Gasteiger charge is -2.25. The second-order valence-electron chi connectivity index (χ2n) is 10.8. The summed E-state index contributed by atoms with van der Waals surface area (Å²) in [5.41, 5.74) is 10.1. The van der Waals surface area contributed by atoms with E-state index in [4.69, 9.17) is 14.6 Å². The number of nitrogens with one attached hydrogen (secondary N) is 1. The topological polar surface area (TPSA) is 116 Å². The standard InChI is InChI=1S/C33H38N4O5/c1-4-42-31(38)18-29(25-16-21(2)27-12-13-34-19-26(27)17-25)28-10-11-30-32(22(28)3)35-36-37(30)14-5-15-41-20-23-6-8-24(9-7-23)33(39)40/h6-11,16-17,29,34H,4-5,12-15,18-20H2,1-3H3,(H,39,40). The number of carbonyl (C=O) groups is 2. The van der Waals surface area contributed by atoms with Crippen molar-refractivity contribution in [2.45, 2.75) is 65.6 Å². The largest absolute Gasteiger partial charge is 0.478 e. The zero-order chi connectivity index (χ0) is 29.6. The van der Waals surface area contributed by atoms with Gasteiger partial charge in [0.15, 0.2) is 0 Å². The molecule has 3 aromatic carbocycles. The van der Waals surface area contributed by atoms with E-state index < -0.39 is 5.97 Å². The first-order valence-electron chi connectivity index (χ1n) is 14.6. The summed E-state index contributed by atoms with van der Waals surface area (Å²) in [6, 6.07) is 15.3. The van der Waals surface area contributed by atoms with Crippen molar-refractivity contribution in [1.82, 2.24) is 20.3 Å². The monoisotopic (exact) mass is 570 g/mol. The van der Waals surface area contributed by atoms with Crippen LogP contribution in [0.5, 0.6) is 0 Å². The molecule has 0 fully saturated rings. The predicted molar refractivity (Wildman–Crippen MR) is 160 cm³/mol. The van der Waals surface area contributed by atoms with Crippen LogP contribution in [0, 0.1) is 13.8 Å². The maximum atomic E-state index is 12.8. The van der Waals surface area contributed by atoms with Crippen LogP contribution in [0.15, 0.2) is 48.5 Å². The molecular weight excluding hydrogens is 532 g/mol. The molecule has 0 amide bonds. The molecule has 4 aromatic rings. The van der Waals surface area contributed by atoms with Gasteiger partial charge in [0.05, 0.1) is 30.7 Å². The molecule has 0 saturated heterocycles. The molecule has 1 aliphatic rings. The van der Waals surface area contributed by atoms with Crippen LogP contribution in [0.2, 0.25) is 0 Å². The van der Waals surface area contributed by atoms with Gasteiger partial charge in [0.2, 0.25) is 0 Å². The Bertz CT molecular complexity index is 1580. The number of carbonyl (C=O) groups excluding carboxylic acids is 1. The van der Waals surface area contributed by atoms with Gasteiger partial charge in [-0.2, -0.15) is 0 Å². The summed E-state index contributed by atoms with van der Waals surface area (Å²) < 4.78 is 13.1. The lowest BCUT2D eigenvalue weighted by Crippen LogP contribution is -2.25. The van der Waals surface area contributed by atoms with Gasteiger partial charge in [-0.25, -0.2) is 9.48 Å². The highest BCUT2D eigenvalue weighted by atomic mass is 16.5. The molecule has 1 atom stereocenters. The van der Waals surface area contributed by atoms with Crippen LogP contribution in [-0.2, 0) is 40.4 Å². The molecule has 0 saturated carbocycles. The fourth-order valence-corrected chi connectivity index (χ4v) is 5.84. The second-order valence-corrected chi connectivity index (χ2v) is 10.8. The molecular formula is C33H38N4O5. The van der Waals surface area contributed by atoms with Crippen molar-refractivity contribution in [3.63, 3.8) is 0 Å². The van der Waals surface area contributed by atoms with Gasteiger partial charge in [0, 0.05) is 25.6 Å². The molecule has 5 rings (SSSR count). The Kier molecular flexibility index (Phi) is 9.29. The molecule has 0 bridgehead atoms. The lowest BCUT2D eigenvalue weighted by atomic mass is 9.82. The Hall–Kier alpha value is -4.08. The molecule has 9 nitrogen and oxygen atoms in total. The smallest absolute Gasteiger partial charge is 0.335 e. The van der Waals surface area contributed by atoms with Crippen molar-refractivity contribution in [2.24, 2.45) is 0 Å². The fourth-order valence-electron chi connectivity index (χ4n) is 5.84. The zero-order valence-electron chi connectivity index (χ0n) is 24.5. The summed E-state index contributed by atoms with van der Waals surface area (Å²) in [5.74, 6) is -1.30. The Balaban J connectivity index is 1.31. The summed E-state index contributed by atoms with van der Waals surface area (Å²) in [7, 11) is 0. The number of aryl methyl sites for hydroxylation is 3. The van der Waals surface area contributed by atoms with Crippen LogP contribution in [0.25, 0.3) is 11.0 Å². The van der Waals surface area contributed by atoms with Crippen LogP contribution in [0.1, 0.15) is 75.0 Å². The van der Waals surface area contributed by atoms with Crippen molar-refractivity contribution >= 4 is 23.0 Å².